The molecule has 1 aromatic carbocycles. The summed E-state index contributed by atoms with van der Waals surface area (Å²) >= 11 is 0. The highest BCUT2D eigenvalue weighted by Gasteiger charge is 2.19. The summed E-state index contributed by atoms with van der Waals surface area (Å²) < 4.78 is 3.77. The van der Waals surface area contributed by atoms with Gasteiger partial charge in [0.15, 0.2) is 5.65 Å². The number of hydrogen-bond acceptors (Lipinski definition) is 4. The summed E-state index contributed by atoms with van der Waals surface area (Å²) in [5, 5.41) is 14.6. The zero-order chi connectivity index (χ0) is 20.1. The lowest BCUT2D eigenvalue weighted by Crippen LogP contribution is -2.26. The zero-order valence-electron chi connectivity index (χ0n) is 16.4. The van der Waals surface area contributed by atoms with E-state index in [2.05, 4.69) is 22.4 Å². The fourth-order valence-corrected chi connectivity index (χ4v) is 4.32. The third kappa shape index (κ3) is 2.82. The van der Waals surface area contributed by atoms with Crippen molar-refractivity contribution in [1.82, 2.24) is 19.3 Å². The third-order valence-electron chi connectivity index (χ3n) is 5.80. The number of pyridine rings is 2. The maximum atomic E-state index is 13.1. The molecular formula is C23H21N5O. The molecule has 0 radical (unpaired) electrons. The van der Waals surface area contributed by atoms with Crippen LogP contribution in [0.3, 0.4) is 0 Å². The molecule has 5 rings (SSSR count). The Morgan fingerprint density at radius 1 is 1.14 bits per heavy atom. The Balaban J connectivity index is 1.68. The quantitative estimate of drug-likeness (QED) is 0.576. The molecule has 4 aromatic rings. The van der Waals surface area contributed by atoms with Gasteiger partial charge >= 0.3 is 0 Å². The van der Waals surface area contributed by atoms with E-state index >= 15 is 0 Å². The molecule has 1 unspecified atom stereocenters. The first-order valence-corrected chi connectivity index (χ1v) is 9.81. The van der Waals surface area contributed by atoms with E-state index in [9.17, 15) is 10.1 Å². The largest absolute Gasteiger partial charge is 0.315 e. The second kappa shape index (κ2) is 6.57. The Labute approximate surface area is 168 Å². The van der Waals surface area contributed by atoms with Gasteiger partial charge in [-0.05, 0) is 67.1 Å². The van der Waals surface area contributed by atoms with Gasteiger partial charge in [-0.3, -0.25) is 4.79 Å². The van der Waals surface area contributed by atoms with E-state index in [0.717, 1.165) is 52.7 Å². The highest BCUT2D eigenvalue weighted by atomic mass is 16.1. The summed E-state index contributed by atoms with van der Waals surface area (Å²) in [7, 11) is 0. The lowest BCUT2D eigenvalue weighted by molar-refractivity contribution is 0.531. The maximum Gasteiger partial charge on any atom is 0.258 e. The summed E-state index contributed by atoms with van der Waals surface area (Å²) in [6, 6.07) is 10.3. The van der Waals surface area contributed by atoms with Gasteiger partial charge in [0, 0.05) is 30.5 Å². The van der Waals surface area contributed by atoms with Crippen molar-refractivity contribution in [2.24, 2.45) is 0 Å². The average molecular weight is 383 g/mol. The third-order valence-corrected chi connectivity index (χ3v) is 5.80. The fraction of sp³-hybridized carbons (Fsp3) is 0.261. The molecule has 0 bridgehead atoms. The monoisotopic (exact) mass is 383 g/mol. The molecule has 6 heteroatoms. The Kier molecular flexibility index (Phi) is 4.00. The number of nitrogens with zero attached hydrogens (tertiary/aromatic N) is 4. The van der Waals surface area contributed by atoms with Crippen LogP contribution < -0.4 is 10.9 Å². The SMILES string of the molecule is Cc1cn2cc(-c3ccc4c(=O)n(C5CCNC5)cc(C)c4c3)cc(C#N)c2n1. The molecule has 6 nitrogen and oxygen atoms in total. The average Bonchev–Trinajstić information content (AvgIpc) is 3.38. The van der Waals surface area contributed by atoms with Crippen molar-refractivity contribution < 1.29 is 0 Å². The standard InChI is InChI=1S/C23H21N5O/c1-14-11-28(19-5-6-25-10-19)23(29)20-4-3-16(8-21(14)20)18-7-17(9-24)22-26-15(2)12-27(22)13-18/h3-4,7-8,11-13,19,25H,5-6,10H2,1-2H3. The molecule has 3 aromatic heterocycles. The number of hydrogen-bond donors (Lipinski definition) is 1. The lowest BCUT2D eigenvalue weighted by Gasteiger charge is -2.16. The van der Waals surface area contributed by atoms with Gasteiger partial charge in [-0.1, -0.05) is 6.07 Å². The predicted molar refractivity (Wildman–Crippen MR) is 113 cm³/mol. The number of benzene rings is 1. The molecule has 1 aliphatic heterocycles. The van der Waals surface area contributed by atoms with Gasteiger partial charge in [0.05, 0.1) is 17.3 Å². The molecule has 4 heterocycles. The van der Waals surface area contributed by atoms with E-state index in [1.54, 1.807) is 0 Å². The van der Waals surface area contributed by atoms with Gasteiger partial charge in [-0.15, -0.1) is 0 Å². The number of rotatable bonds is 2. The number of fused-ring (bicyclic) bond motifs is 2. The van der Waals surface area contributed by atoms with Crippen LogP contribution in [0, 0.1) is 25.2 Å². The van der Waals surface area contributed by atoms with Gasteiger partial charge in [-0.25, -0.2) is 4.98 Å². The van der Waals surface area contributed by atoms with Gasteiger partial charge in [0.1, 0.15) is 6.07 Å². The molecule has 0 spiro atoms. The second-order valence-electron chi connectivity index (χ2n) is 7.80. The molecule has 1 saturated heterocycles. The summed E-state index contributed by atoms with van der Waals surface area (Å²) in [6.45, 7) is 5.75. The van der Waals surface area contributed by atoms with Crippen LogP contribution in [-0.2, 0) is 0 Å². The van der Waals surface area contributed by atoms with Gasteiger partial charge < -0.3 is 14.3 Å². The number of aromatic nitrogens is 3. The molecular weight excluding hydrogens is 362 g/mol. The molecule has 0 aliphatic carbocycles. The minimum atomic E-state index is 0.0595. The van der Waals surface area contributed by atoms with Crippen LogP contribution in [0.15, 0.2) is 47.7 Å². The molecule has 0 saturated carbocycles. The van der Waals surface area contributed by atoms with Gasteiger partial charge in [0.25, 0.3) is 5.56 Å². The Morgan fingerprint density at radius 3 is 2.76 bits per heavy atom. The van der Waals surface area contributed by atoms with Crippen LogP contribution in [0.5, 0.6) is 0 Å². The van der Waals surface area contributed by atoms with E-state index in [1.165, 1.54) is 0 Å². The predicted octanol–water partition coefficient (Wildman–Crippen LogP) is 3.34. The minimum absolute atomic E-state index is 0.0595. The van der Waals surface area contributed by atoms with Crippen molar-refractivity contribution in [1.29, 1.82) is 5.26 Å². The highest BCUT2D eigenvalue weighted by Crippen LogP contribution is 2.28. The van der Waals surface area contributed by atoms with Crippen molar-refractivity contribution in [2.75, 3.05) is 13.1 Å². The van der Waals surface area contributed by atoms with Crippen molar-refractivity contribution in [3.63, 3.8) is 0 Å². The van der Waals surface area contributed by atoms with Crippen molar-refractivity contribution in [2.45, 2.75) is 26.3 Å². The fourth-order valence-electron chi connectivity index (χ4n) is 4.32. The van der Waals surface area contributed by atoms with Crippen molar-refractivity contribution in [3.8, 4) is 17.2 Å². The molecule has 0 amide bonds. The van der Waals surface area contributed by atoms with Gasteiger partial charge in [0.2, 0.25) is 0 Å². The van der Waals surface area contributed by atoms with Gasteiger partial charge in [-0.2, -0.15) is 5.26 Å². The van der Waals surface area contributed by atoms with E-state index < -0.39 is 0 Å². The smallest absolute Gasteiger partial charge is 0.258 e. The van der Waals surface area contributed by atoms with E-state index in [0.29, 0.717) is 11.2 Å². The summed E-state index contributed by atoms with van der Waals surface area (Å²) in [4.78, 5) is 17.5. The number of aryl methyl sites for hydroxylation is 2. The molecule has 1 N–H and O–H groups in total. The Bertz CT molecular complexity index is 1370. The molecule has 1 aliphatic rings. The highest BCUT2D eigenvalue weighted by molar-refractivity contribution is 5.89. The first-order chi connectivity index (χ1) is 14.0. The summed E-state index contributed by atoms with van der Waals surface area (Å²) in [5.41, 5.74) is 5.12. The normalized spacial score (nSPS) is 16.5. The first-order valence-electron chi connectivity index (χ1n) is 9.81. The van der Waals surface area contributed by atoms with Crippen LogP contribution in [0.4, 0.5) is 0 Å². The lowest BCUT2D eigenvalue weighted by atomic mass is 10.00. The zero-order valence-corrected chi connectivity index (χ0v) is 16.4. The van der Waals surface area contributed by atoms with E-state index in [-0.39, 0.29) is 11.6 Å². The first kappa shape index (κ1) is 17.7. The summed E-state index contributed by atoms with van der Waals surface area (Å²) in [5.74, 6) is 0. The number of nitrogens with one attached hydrogen (secondary N) is 1. The van der Waals surface area contributed by atoms with Crippen LogP contribution in [0.1, 0.15) is 29.3 Å². The van der Waals surface area contributed by atoms with Crippen molar-refractivity contribution >= 4 is 16.4 Å². The topological polar surface area (TPSA) is 75.1 Å². The van der Waals surface area contributed by atoms with E-state index in [1.807, 2.05) is 59.6 Å². The molecule has 1 atom stereocenters. The molecule has 29 heavy (non-hydrogen) atoms. The van der Waals surface area contributed by atoms with Crippen LogP contribution in [0.25, 0.3) is 27.5 Å². The molecule has 1 fully saturated rings. The van der Waals surface area contributed by atoms with E-state index in [4.69, 9.17) is 0 Å². The minimum Gasteiger partial charge on any atom is -0.315 e. The Morgan fingerprint density at radius 2 is 2.00 bits per heavy atom. The Hall–Kier alpha value is -3.43. The van der Waals surface area contributed by atoms with Crippen LogP contribution >= 0.6 is 0 Å². The van der Waals surface area contributed by atoms with Crippen LogP contribution in [0.2, 0.25) is 0 Å². The maximum absolute atomic E-state index is 13.1. The van der Waals surface area contributed by atoms with Crippen molar-refractivity contribution in [3.05, 3.63) is 70.0 Å². The van der Waals surface area contributed by atoms with Crippen LogP contribution in [-0.4, -0.2) is 27.0 Å². The number of nitriles is 1. The second-order valence-corrected chi connectivity index (χ2v) is 7.80. The summed E-state index contributed by atoms with van der Waals surface area (Å²) in [6.07, 6.45) is 6.86. The molecule has 144 valence electrons. The number of imidazole rings is 1.